The van der Waals surface area contributed by atoms with E-state index in [1.54, 1.807) is 38.2 Å². The van der Waals surface area contributed by atoms with Gasteiger partial charge in [-0.05, 0) is 31.6 Å². The van der Waals surface area contributed by atoms with Gasteiger partial charge >= 0.3 is 0 Å². The number of aromatic hydroxyl groups is 1. The monoisotopic (exact) mass is 328 g/mol. The number of para-hydroxylation sites is 1. The second kappa shape index (κ2) is 6.11. The van der Waals surface area contributed by atoms with Crippen LogP contribution in [0.15, 0.2) is 41.0 Å². The lowest BCUT2D eigenvalue weighted by Crippen LogP contribution is -1.96. The molecule has 1 aromatic carbocycles. The van der Waals surface area contributed by atoms with Gasteiger partial charge in [0.1, 0.15) is 0 Å². The molecule has 124 valence electrons. The van der Waals surface area contributed by atoms with Crippen LogP contribution in [0.5, 0.6) is 5.75 Å². The van der Waals surface area contributed by atoms with Gasteiger partial charge < -0.3 is 19.6 Å². The normalized spacial score (nSPS) is 13.3. The molecule has 0 spiro atoms. The molecule has 0 aliphatic carbocycles. The molecule has 0 unspecified atom stereocenters. The van der Waals surface area contributed by atoms with Crippen LogP contribution in [0, 0.1) is 17.0 Å². The Bertz CT molecular complexity index is 864. The van der Waals surface area contributed by atoms with Crippen LogP contribution >= 0.6 is 0 Å². The maximum atomic E-state index is 11.5. The van der Waals surface area contributed by atoms with Gasteiger partial charge in [0.05, 0.1) is 22.3 Å². The van der Waals surface area contributed by atoms with Crippen molar-refractivity contribution in [3.8, 4) is 16.9 Å². The summed E-state index contributed by atoms with van der Waals surface area (Å²) in [5, 5.41) is 24.9. The fourth-order valence-electron chi connectivity index (χ4n) is 2.66. The molecular formula is C17H16N2O5. The van der Waals surface area contributed by atoms with Crippen molar-refractivity contribution in [1.29, 1.82) is 0 Å². The van der Waals surface area contributed by atoms with E-state index in [1.807, 2.05) is 6.08 Å². The molecule has 0 fully saturated rings. The zero-order valence-electron chi connectivity index (χ0n) is 13.2. The minimum atomic E-state index is -0.463. The van der Waals surface area contributed by atoms with E-state index < -0.39 is 4.92 Å². The largest absolute Gasteiger partial charge is 0.504 e. The number of hydrogen-bond donors (Lipinski definition) is 2. The first-order valence-corrected chi connectivity index (χ1v) is 7.34. The van der Waals surface area contributed by atoms with E-state index >= 15 is 0 Å². The van der Waals surface area contributed by atoms with Crippen molar-refractivity contribution >= 4 is 17.3 Å². The Labute approximate surface area is 138 Å². The third kappa shape index (κ3) is 2.50. The molecule has 2 N–H and O–H groups in total. The van der Waals surface area contributed by atoms with Crippen molar-refractivity contribution in [1.82, 2.24) is 0 Å². The molecule has 0 saturated carbocycles. The fraction of sp³-hybridized carbons (Fsp3) is 0.176. The first-order valence-electron chi connectivity index (χ1n) is 7.34. The summed E-state index contributed by atoms with van der Waals surface area (Å²) in [6.45, 7) is 1.65. The predicted molar refractivity (Wildman–Crippen MR) is 89.6 cm³/mol. The summed E-state index contributed by atoms with van der Waals surface area (Å²) in [4.78, 5) is 11.0. The fourth-order valence-corrected chi connectivity index (χ4v) is 2.66. The Kier molecular flexibility index (Phi) is 3.99. The summed E-state index contributed by atoms with van der Waals surface area (Å²) >= 11 is 0. The highest BCUT2D eigenvalue weighted by atomic mass is 16.6. The highest BCUT2D eigenvalue weighted by Gasteiger charge is 2.29. The molecule has 0 radical (unpaired) electrons. The summed E-state index contributed by atoms with van der Waals surface area (Å²) in [6, 6.07) is 4.93. The maximum Gasteiger partial charge on any atom is 0.280 e. The molecule has 0 bridgehead atoms. The lowest BCUT2D eigenvalue weighted by molar-refractivity contribution is -0.384. The molecule has 2 heterocycles. The molecule has 2 aromatic rings. The number of nitro benzene ring substituents is 1. The smallest absolute Gasteiger partial charge is 0.280 e. The van der Waals surface area contributed by atoms with Crippen LogP contribution in [0.3, 0.4) is 0 Å². The third-order valence-corrected chi connectivity index (χ3v) is 3.75. The van der Waals surface area contributed by atoms with Crippen LogP contribution in [-0.2, 0) is 4.74 Å². The van der Waals surface area contributed by atoms with E-state index in [0.29, 0.717) is 17.7 Å². The van der Waals surface area contributed by atoms with E-state index in [4.69, 9.17) is 9.15 Å². The van der Waals surface area contributed by atoms with Gasteiger partial charge in [-0.2, -0.15) is 0 Å². The Morgan fingerprint density at radius 1 is 1.38 bits per heavy atom. The molecule has 1 aliphatic rings. The van der Waals surface area contributed by atoms with Gasteiger partial charge in [0.2, 0.25) is 11.6 Å². The van der Waals surface area contributed by atoms with Gasteiger partial charge in [0, 0.05) is 12.6 Å². The van der Waals surface area contributed by atoms with E-state index in [-0.39, 0.29) is 34.2 Å². The number of aryl methyl sites for hydroxylation is 1. The molecule has 1 aromatic heterocycles. The molecule has 0 atom stereocenters. The van der Waals surface area contributed by atoms with Crippen LogP contribution in [0.4, 0.5) is 11.6 Å². The lowest BCUT2D eigenvalue weighted by atomic mass is 10.0. The number of allylic oxidation sites excluding steroid dienone is 2. The van der Waals surface area contributed by atoms with Crippen LogP contribution in [0.25, 0.3) is 16.9 Å². The van der Waals surface area contributed by atoms with E-state index in [0.717, 1.165) is 0 Å². The van der Waals surface area contributed by atoms with Crippen molar-refractivity contribution in [3.05, 3.63) is 58.1 Å². The number of benzene rings is 1. The average molecular weight is 328 g/mol. The Hall–Kier alpha value is -3.22. The zero-order chi connectivity index (χ0) is 17.3. The lowest BCUT2D eigenvalue weighted by Gasteiger charge is -2.07. The Morgan fingerprint density at radius 2 is 2.17 bits per heavy atom. The third-order valence-electron chi connectivity index (χ3n) is 3.75. The summed E-state index contributed by atoms with van der Waals surface area (Å²) in [6.07, 6.45) is 5.72. The molecule has 1 aliphatic heterocycles. The quantitative estimate of drug-likeness (QED) is 0.645. The Morgan fingerprint density at radius 3 is 2.79 bits per heavy atom. The molecule has 3 rings (SSSR count). The molecule has 7 heteroatoms. The summed E-state index contributed by atoms with van der Waals surface area (Å²) in [5.41, 5.74) is 0.943. The number of hydrogen-bond acceptors (Lipinski definition) is 6. The van der Waals surface area contributed by atoms with E-state index in [1.165, 1.54) is 6.26 Å². The molecule has 24 heavy (non-hydrogen) atoms. The van der Waals surface area contributed by atoms with Crippen molar-refractivity contribution < 1.29 is 19.2 Å². The minimum absolute atomic E-state index is 0.0740. The number of nitrogens with one attached hydrogen (secondary N) is 1. The molecular weight excluding hydrogens is 312 g/mol. The highest BCUT2D eigenvalue weighted by Crippen LogP contribution is 2.48. The number of ether oxygens (including phenoxy) is 1. The van der Waals surface area contributed by atoms with Gasteiger partial charge in [-0.25, -0.2) is 0 Å². The predicted octanol–water partition coefficient (Wildman–Crippen LogP) is 4.19. The second-order valence-electron chi connectivity index (χ2n) is 5.26. The van der Waals surface area contributed by atoms with Crippen molar-refractivity contribution in [2.24, 2.45) is 0 Å². The number of nitro groups is 1. The highest BCUT2D eigenvalue weighted by molar-refractivity contribution is 5.89. The van der Waals surface area contributed by atoms with Gasteiger partial charge in [0.15, 0.2) is 11.5 Å². The van der Waals surface area contributed by atoms with Crippen LogP contribution in [0.1, 0.15) is 17.7 Å². The number of rotatable bonds is 4. The molecule has 0 amide bonds. The maximum absolute atomic E-state index is 11.5. The van der Waals surface area contributed by atoms with E-state index in [2.05, 4.69) is 5.32 Å². The molecule has 7 nitrogen and oxygen atoms in total. The summed E-state index contributed by atoms with van der Waals surface area (Å²) < 4.78 is 11.0. The van der Waals surface area contributed by atoms with Crippen molar-refractivity contribution in [2.75, 3.05) is 12.4 Å². The number of anilines is 1. The average Bonchev–Trinajstić information content (AvgIpc) is 2.91. The second-order valence-corrected chi connectivity index (χ2v) is 5.26. The van der Waals surface area contributed by atoms with Crippen molar-refractivity contribution in [2.45, 2.75) is 13.3 Å². The minimum Gasteiger partial charge on any atom is -0.504 e. The molecule has 0 saturated heterocycles. The van der Waals surface area contributed by atoms with Crippen LogP contribution in [-0.4, -0.2) is 17.1 Å². The van der Waals surface area contributed by atoms with Gasteiger partial charge in [-0.1, -0.05) is 12.1 Å². The topological polar surface area (TPSA) is 97.8 Å². The number of nitrogens with zero attached hydrogens (tertiary/aromatic N) is 1. The standard InChI is InChI=1S/C17H16N2O5/c1-10-6-5-7-11(14(10)19(21)22)13-15(20)16(24-17(13)18-2)12-8-3-4-9-23-12/h4-9,18,20H,3H2,1-2H3. The summed E-state index contributed by atoms with van der Waals surface area (Å²) in [7, 11) is 1.61. The Balaban J connectivity index is 2.23. The first-order chi connectivity index (χ1) is 11.5. The van der Waals surface area contributed by atoms with Crippen LogP contribution in [0.2, 0.25) is 0 Å². The van der Waals surface area contributed by atoms with Gasteiger partial charge in [-0.15, -0.1) is 0 Å². The number of furan rings is 1. The van der Waals surface area contributed by atoms with Crippen LogP contribution < -0.4 is 5.32 Å². The SMILES string of the molecule is CNc1oc(C2=CCC=CO2)c(O)c1-c1cccc(C)c1[N+](=O)[O-]. The summed E-state index contributed by atoms with van der Waals surface area (Å²) in [5.74, 6) is 0.535. The van der Waals surface area contributed by atoms with Crippen molar-refractivity contribution in [3.63, 3.8) is 0 Å². The van der Waals surface area contributed by atoms with Gasteiger partial charge in [0.25, 0.3) is 5.69 Å². The van der Waals surface area contributed by atoms with E-state index in [9.17, 15) is 15.2 Å². The van der Waals surface area contributed by atoms with Gasteiger partial charge in [-0.3, -0.25) is 10.1 Å². The zero-order valence-corrected chi connectivity index (χ0v) is 13.2. The first kappa shape index (κ1) is 15.7.